The Hall–Kier alpha value is -0.590. The monoisotopic (exact) mass is 135 g/mol. The van der Waals surface area contributed by atoms with Crippen molar-refractivity contribution in [2.45, 2.75) is 0 Å². The quantitative estimate of drug-likeness (QED) is 0.468. The summed E-state index contributed by atoms with van der Waals surface area (Å²) in [6.45, 7) is 0. The normalized spacial score (nSPS) is 20.9. The number of nitrogens with zero attached hydrogens (tertiary/aromatic N) is 1. The van der Waals surface area contributed by atoms with E-state index in [4.69, 9.17) is 0 Å². The topological polar surface area (TPSA) is 64.6 Å². The van der Waals surface area contributed by atoms with Gasteiger partial charge in [0, 0.05) is 0 Å². The SMILES string of the molecule is O=S([O-])N1C=CON1. The van der Waals surface area contributed by atoms with Gasteiger partial charge in [0.15, 0.2) is 0 Å². The maximum atomic E-state index is 9.93. The number of nitrogens with one attached hydrogen (secondary N) is 1. The number of hydrogen-bond acceptors (Lipinski definition) is 4. The van der Waals surface area contributed by atoms with Crippen molar-refractivity contribution in [1.82, 2.24) is 10.0 Å². The predicted molar refractivity (Wildman–Crippen MR) is 24.1 cm³/mol. The first-order valence-corrected chi connectivity index (χ1v) is 2.80. The molecule has 1 aliphatic rings. The fraction of sp³-hybridized carbons (Fsp3) is 0. The third kappa shape index (κ3) is 0.971. The minimum Gasteiger partial charge on any atom is -0.754 e. The third-order valence-electron chi connectivity index (χ3n) is 0.568. The van der Waals surface area contributed by atoms with Crippen LogP contribution in [0.15, 0.2) is 12.5 Å². The van der Waals surface area contributed by atoms with Crippen LogP contribution in [0.1, 0.15) is 0 Å². The molecule has 0 saturated heterocycles. The third-order valence-corrected chi connectivity index (χ3v) is 1.09. The Labute approximate surface area is 48.3 Å². The number of rotatable bonds is 1. The molecule has 1 N–H and O–H groups in total. The molecule has 0 spiro atoms. The van der Waals surface area contributed by atoms with Gasteiger partial charge in [0.1, 0.15) is 6.26 Å². The van der Waals surface area contributed by atoms with Crippen LogP contribution in [0.5, 0.6) is 0 Å². The van der Waals surface area contributed by atoms with Gasteiger partial charge in [-0.3, -0.25) is 4.21 Å². The first kappa shape index (κ1) is 5.54. The summed E-state index contributed by atoms with van der Waals surface area (Å²) >= 11 is -2.28. The van der Waals surface area contributed by atoms with Gasteiger partial charge in [-0.05, 0) is 0 Å². The van der Waals surface area contributed by atoms with Gasteiger partial charge in [0.05, 0.1) is 17.5 Å². The summed E-state index contributed by atoms with van der Waals surface area (Å²) in [4.78, 5) is 4.32. The first-order valence-electron chi connectivity index (χ1n) is 1.77. The molecule has 0 amide bonds. The van der Waals surface area contributed by atoms with Crippen LogP contribution in [0.2, 0.25) is 0 Å². The highest BCUT2D eigenvalue weighted by atomic mass is 32.2. The van der Waals surface area contributed by atoms with Crippen molar-refractivity contribution >= 4 is 11.3 Å². The van der Waals surface area contributed by atoms with E-state index < -0.39 is 11.3 Å². The van der Waals surface area contributed by atoms with E-state index in [-0.39, 0.29) is 0 Å². The Kier molecular flexibility index (Phi) is 1.47. The average molecular weight is 135 g/mol. The molecule has 46 valence electrons. The van der Waals surface area contributed by atoms with Gasteiger partial charge in [-0.2, -0.15) is 0 Å². The van der Waals surface area contributed by atoms with Crippen LogP contribution in [0, 0.1) is 0 Å². The lowest BCUT2D eigenvalue weighted by Crippen LogP contribution is -2.28. The van der Waals surface area contributed by atoms with Crippen LogP contribution in [0.3, 0.4) is 0 Å². The molecule has 6 heteroatoms. The van der Waals surface area contributed by atoms with Crippen LogP contribution in [-0.2, 0) is 16.1 Å². The van der Waals surface area contributed by atoms with E-state index in [2.05, 4.69) is 10.4 Å². The molecule has 0 aromatic rings. The molecule has 5 nitrogen and oxygen atoms in total. The van der Waals surface area contributed by atoms with E-state index in [9.17, 15) is 8.76 Å². The van der Waals surface area contributed by atoms with Gasteiger partial charge >= 0.3 is 0 Å². The summed E-state index contributed by atoms with van der Waals surface area (Å²) in [5.41, 5.74) is 2.07. The molecule has 1 aliphatic heterocycles. The van der Waals surface area contributed by atoms with Crippen molar-refractivity contribution in [1.29, 1.82) is 0 Å². The Balaban J connectivity index is 2.48. The lowest BCUT2D eigenvalue weighted by Gasteiger charge is -2.14. The zero-order valence-corrected chi connectivity index (χ0v) is 4.55. The maximum absolute atomic E-state index is 9.93. The molecule has 1 atom stereocenters. The van der Waals surface area contributed by atoms with Gasteiger partial charge in [-0.15, -0.1) is 0 Å². The molecule has 1 unspecified atom stereocenters. The van der Waals surface area contributed by atoms with Crippen LogP contribution >= 0.6 is 0 Å². The van der Waals surface area contributed by atoms with Crippen molar-refractivity contribution in [2.24, 2.45) is 0 Å². The molecular weight excluding hydrogens is 132 g/mol. The second-order valence-electron chi connectivity index (χ2n) is 1.04. The van der Waals surface area contributed by atoms with Crippen molar-refractivity contribution in [2.75, 3.05) is 0 Å². The molecule has 0 aliphatic carbocycles. The second kappa shape index (κ2) is 2.12. The summed E-state index contributed by atoms with van der Waals surface area (Å²) in [5.74, 6) is 0. The van der Waals surface area contributed by atoms with Gasteiger partial charge in [0.25, 0.3) is 0 Å². The smallest absolute Gasteiger partial charge is 0.132 e. The lowest BCUT2D eigenvalue weighted by molar-refractivity contribution is 0.0821. The predicted octanol–water partition coefficient (Wildman–Crippen LogP) is -0.996. The Bertz CT molecular complexity index is 135. The maximum Gasteiger partial charge on any atom is 0.132 e. The average Bonchev–Trinajstić information content (AvgIpc) is 2.12. The molecule has 0 radical (unpaired) electrons. The molecule has 0 bridgehead atoms. The summed E-state index contributed by atoms with van der Waals surface area (Å²) in [6, 6.07) is 0. The van der Waals surface area contributed by atoms with Gasteiger partial charge in [-0.1, -0.05) is 5.59 Å². The molecule has 0 saturated carbocycles. The van der Waals surface area contributed by atoms with Crippen molar-refractivity contribution in [3.8, 4) is 0 Å². The fourth-order valence-corrected chi connectivity index (χ4v) is 0.532. The van der Waals surface area contributed by atoms with Gasteiger partial charge < -0.3 is 9.39 Å². The van der Waals surface area contributed by atoms with Gasteiger partial charge in [0.2, 0.25) is 0 Å². The van der Waals surface area contributed by atoms with E-state index in [1.54, 1.807) is 0 Å². The Morgan fingerprint density at radius 3 is 2.88 bits per heavy atom. The summed E-state index contributed by atoms with van der Waals surface area (Å²) in [6.07, 6.45) is 2.46. The van der Waals surface area contributed by atoms with Crippen molar-refractivity contribution < 1.29 is 13.6 Å². The first-order chi connectivity index (χ1) is 3.80. The molecule has 0 fully saturated rings. The van der Waals surface area contributed by atoms with E-state index in [1.807, 2.05) is 0 Å². The molecule has 1 rings (SSSR count). The summed E-state index contributed by atoms with van der Waals surface area (Å²) < 4.78 is 20.7. The van der Waals surface area contributed by atoms with E-state index in [1.165, 1.54) is 12.5 Å². The molecule has 0 aromatic heterocycles. The summed E-state index contributed by atoms with van der Waals surface area (Å²) in [7, 11) is 0. The van der Waals surface area contributed by atoms with Crippen molar-refractivity contribution in [3.05, 3.63) is 12.5 Å². The fourth-order valence-electron chi connectivity index (χ4n) is 0.279. The van der Waals surface area contributed by atoms with Crippen LogP contribution in [0.4, 0.5) is 0 Å². The highest BCUT2D eigenvalue weighted by molar-refractivity contribution is 7.76. The highest BCUT2D eigenvalue weighted by Gasteiger charge is 2.01. The van der Waals surface area contributed by atoms with E-state index in [0.29, 0.717) is 0 Å². The number of hydrazine groups is 1. The lowest BCUT2D eigenvalue weighted by atomic mass is 11.0. The van der Waals surface area contributed by atoms with E-state index >= 15 is 0 Å². The minimum atomic E-state index is -2.28. The molecule has 1 heterocycles. The van der Waals surface area contributed by atoms with Crippen LogP contribution < -0.4 is 5.59 Å². The summed E-state index contributed by atoms with van der Waals surface area (Å²) in [5, 5.41) is 0. The van der Waals surface area contributed by atoms with E-state index in [0.717, 1.165) is 4.41 Å². The molecule has 8 heavy (non-hydrogen) atoms. The Morgan fingerprint density at radius 1 is 1.88 bits per heavy atom. The zero-order chi connectivity index (χ0) is 5.98. The molecule has 0 aromatic carbocycles. The number of hydrogen-bond donors (Lipinski definition) is 1. The van der Waals surface area contributed by atoms with Crippen LogP contribution in [0.25, 0.3) is 0 Å². The standard InChI is InChI=1S/C2H4N2O3S/c5-8(6)4-1-2-7-3-4/h1-3H,(H,5,6)/p-1. The minimum absolute atomic E-state index is 0.792. The molecular formula is C2H3N2O3S-. The highest BCUT2D eigenvalue weighted by Crippen LogP contribution is 1.94. The zero-order valence-electron chi connectivity index (χ0n) is 3.73. The van der Waals surface area contributed by atoms with Crippen LogP contribution in [-0.4, -0.2) is 13.2 Å². The second-order valence-corrected chi connectivity index (χ2v) is 1.86. The Morgan fingerprint density at radius 2 is 2.62 bits per heavy atom. The van der Waals surface area contributed by atoms with Gasteiger partial charge in [-0.25, -0.2) is 4.41 Å². The van der Waals surface area contributed by atoms with Crippen molar-refractivity contribution in [3.63, 3.8) is 0 Å². The largest absolute Gasteiger partial charge is 0.754 e.